The van der Waals surface area contributed by atoms with Crippen LogP contribution in [0.15, 0.2) is 0 Å². The van der Waals surface area contributed by atoms with Gasteiger partial charge in [0.2, 0.25) is 0 Å². The second-order valence-corrected chi connectivity index (χ2v) is 7.88. The Bertz CT molecular complexity index is 339. The second kappa shape index (κ2) is 5.52. The molecule has 0 radical (unpaired) electrons. The molecule has 92 valence electrons. The molecule has 1 aromatic heterocycles. The number of nitrogens with zero attached hydrogens (tertiary/aromatic N) is 1. The molecular formula is C12H21NOS2. The van der Waals surface area contributed by atoms with Crippen LogP contribution < -0.4 is 0 Å². The van der Waals surface area contributed by atoms with Crippen molar-refractivity contribution in [2.45, 2.75) is 57.6 Å². The second-order valence-electron chi connectivity index (χ2n) is 5.15. The maximum absolute atomic E-state index is 9.34. The standard InChI is InChI=1S/C12H21NOS2/c1-8(2)15-7-10-13-11(12(3,4)5)9(6-14)16-10/h8,14H,6-7H2,1-5H3. The van der Waals surface area contributed by atoms with Crippen molar-refractivity contribution in [3.8, 4) is 0 Å². The molecular weight excluding hydrogens is 238 g/mol. The van der Waals surface area contributed by atoms with Crippen molar-refractivity contribution < 1.29 is 5.11 Å². The van der Waals surface area contributed by atoms with Crippen LogP contribution in [0.4, 0.5) is 0 Å². The van der Waals surface area contributed by atoms with Crippen LogP contribution in [0.1, 0.15) is 50.2 Å². The van der Waals surface area contributed by atoms with Gasteiger partial charge in [0, 0.05) is 11.2 Å². The normalized spacial score (nSPS) is 12.4. The smallest absolute Gasteiger partial charge is 0.103 e. The van der Waals surface area contributed by atoms with E-state index in [2.05, 4.69) is 39.6 Å². The van der Waals surface area contributed by atoms with Gasteiger partial charge in [-0.1, -0.05) is 34.6 Å². The SMILES string of the molecule is CC(C)SCc1nc(C(C)(C)C)c(CO)s1. The lowest BCUT2D eigenvalue weighted by Crippen LogP contribution is -2.14. The van der Waals surface area contributed by atoms with Crippen LogP contribution in [0.5, 0.6) is 0 Å². The summed E-state index contributed by atoms with van der Waals surface area (Å²) in [7, 11) is 0. The fourth-order valence-corrected chi connectivity index (χ4v) is 3.31. The van der Waals surface area contributed by atoms with Gasteiger partial charge in [-0.05, 0) is 5.25 Å². The zero-order chi connectivity index (χ0) is 12.3. The molecule has 1 aromatic rings. The summed E-state index contributed by atoms with van der Waals surface area (Å²) >= 11 is 3.54. The van der Waals surface area contributed by atoms with Crippen LogP contribution in [-0.2, 0) is 17.8 Å². The van der Waals surface area contributed by atoms with Gasteiger partial charge in [-0.15, -0.1) is 11.3 Å². The van der Waals surface area contributed by atoms with E-state index in [9.17, 15) is 5.11 Å². The predicted octanol–water partition coefficient (Wildman–Crippen LogP) is 3.57. The highest BCUT2D eigenvalue weighted by molar-refractivity contribution is 7.99. The van der Waals surface area contributed by atoms with Gasteiger partial charge in [0.05, 0.1) is 17.2 Å². The lowest BCUT2D eigenvalue weighted by Gasteiger charge is -2.16. The average molecular weight is 259 g/mol. The van der Waals surface area contributed by atoms with Crippen molar-refractivity contribution in [1.82, 2.24) is 4.98 Å². The zero-order valence-corrected chi connectivity index (χ0v) is 12.3. The van der Waals surface area contributed by atoms with Crippen molar-refractivity contribution in [2.75, 3.05) is 0 Å². The first-order chi connectivity index (χ1) is 7.34. The Morgan fingerprint density at radius 2 is 2.00 bits per heavy atom. The predicted molar refractivity (Wildman–Crippen MR) is 73.2 cm³/mol. The number of aliphatic hydroxyl groups is 1. The maximum Gasteiger partial charge on any atom is 0.103 e. The quantitative estimate of drug-likeness (QED) is 0.897. The van der Waals surface area contributed by atoms with E-state index in [1.165, 1.54) is 0 Å². The fourth-order valence-electron chi connectivity index (χ4n) is 1.39. The number of thiazole rings is 1. The van der Waals surface area contributed by atoms with Gasteiger partial charge in [-0.25, -0.2) is 4.98 Å². The van der Waals surface area contributed by atoms with Crippen LogP contribution in [-0.4, -0.2) is 15.3 Å². The van der Waals surface area contributed by atoms with Crippen LogP contribution in [0.3, 0.4) is 0 Å². The number of hydrogen-bond acceptors (Lipinski definition) is 4. The highest BCUT2D eigenvalue weighted by Gasteiger charge is 2.22. The van der Waals surface area contributed by atoms with Crippen LogP contribution in [0.2, 0.25) is 0 Å². The summed E-state index contributed by atoms with van der Waals surface area (Å²) < 4.78 is 0. The van der Waals surface area contributed by atoms with Gasteiger partial charge in [-0.2, -0.15) is 11.8 Å². The van der Waals surface area contributed by atoms with E-state index >= 15 is 0 Å². The lowest BCUT2D eigenvalue weighted by molar-refractivity contribution is 0.282. The third-order valence-corrected chi connectivity index (χ3v) is 4.47. The number of aliphatic hydroxyl groups excluding tert-OH is 1. The Kier molecular flexibility index (Phi) is 4.83. The molecule has 0 amide bonds. The minimum absolute atomic E-state index is 0.0231. The number of rotatable bonds is 4. The third-order valence-electron chi connectivity index (χ3n) is 2.14. The first-order valence-electron chi connectivity index (χ1n) is 5.56. The molecule has 0 aliphatic carbocycles. The first-order valence-corrected chi connectivity index (χ1v) is 7.42. The van der Waals surface area contributed by atoms with Crippen molar-refractivity contribution >= 4 is 23.1 Å². The summed E-state index contributed by atoms with van der Waals surface area (Å²) in [5, 5.41) is 11.1. The molecule has 0 atom stereocenters. The molecule has 0 spiro atoms. The molecule has 1 rings (SSSR count). The number of hydrogen-bond donors (Lipinski definition) is 1. The molecule has 2 nitrogen and oxygen atoms in total. The number of thioether (sulfide) groups is 1. The third kappa shape index (κ3) is 3.75. The highest BCUT2D eigenvalue weighted by atomic mass is 32.2. The first kappa shape index (κ1) is 14.0. The molecule has 1 heterocycles. The summed E-state index contributed by atoms with van der Waals surface area (Å²) in [4.78, 5) is 5.68. The Hall–Kier alpha value is -0.0600. The Labute approximate surface area is 106 Å². The summed E-state index contributed by atoms with van der Waals surface area (Å²) in [5.74, 6) is 0.950. The molecule has 0 saturated heterocycles. The van der Waals surface area contributed by atoms with E-state index < -0.39 is 0 Å². The van der Waals surface area contributed by atoms with Crippen molar-refractivity contribution in [2.24, 2.45) is 0 Å². The van der Waals surface area contributed by atoms with Crippen molar-refractivity contribution in [3.63, 3.8) is 0 Å². The summed E-state index contributed by atoms with van der Waals surface area (Å²) in [6, 6.07) is 0. The van der Waals surface area contributed by atoms with Crippen LogP contribution in [0, 0.1) is 0 Å². The molecule has 4 heteroatoms. The van der Waals surface area contributed by atoms with Crippen molar-refractivity contribution in [1.29, 1.82) is 0 Å². The minimum Gasteiger partial charge on any atom is -0.391 e. The van der Waals surface area contributed by atoms with Gasteiger partial charge < -0.3 is 5.11 Å². The number of aromatic nitrogens is 1. The van der Waals surface area contributed by atoms with E-state index in [4.69, 9.17) is 0 Å². The monoisotopic (exact) mass is 259 g/mol. The van der Waals surface area contributed by atoms with E-state index in [1.807, 2.05) is 11.8 Å². The Morgan fingerprint density at radius 1 is 1.38 bits per heavy atom. The summed E-state index contributed by atoms with van der Waals surface area (Å²) in [5.41, 5.74) is 1.08. The topological polar surface area (TPSA) is 33.1 Å². The Morgan fingerprint density at radius 3 is 2.38 bits per heavy atom. The molecule has 0 aliphatic heterocycles. The van der Waals surface area contributed by atoms with E-state index in [1.54, 1.807) is 11.3 Å². The average Bonchev–Trinajstić information content (AvgIpc) is 2.57. The largest absolute Gasteiger partial charge is 0.391 e. The maximum atomic E-state index is 9.34. The van der Waals surface area contributed by atoms with Crippen LogP contribution >= 0.6 is 23.1 Å². The molecule has 16 heavy (non-hydrogen) atoms. The van der Waals surface area contributed by atoms with E-state index in [0.717, 1.165) is 21.3 Å². The summed E-state index contributed by atoms with van der Waals surface area (Å²) in [6.45, 7) is 10.9. The van der Waals surface area contributed by atoms with E-state index in [-0.39, 0.29) is 12.0 Å². The van der Waals surface area contributed by atoms with Crippen LogP contribution in [0.25, 0.3) is 0 Å². The van der Waals surface area contributed by atoms with Gasteiger partial charge in [0.15, 0.2) is 0 Å². The lowest BCUT2D eigenvalue weighted by atomic mass is 9.91. The van der Waals surface area contributed by atoms with Gasteiger partial charge in [0.25, 0.3) is 0 Å². The molecule has 0 saturated carbocycles. The molecule has 0 aromatic carbocycles. The summed E-state index contributed by atoms with van der Waals surface area (Å²) in [6.07, 6.45) is 0. The van der Waals surface area contributed by atoms with Crippen molar-refractivity contribution in [3.05, 3.63) is 15.6 Å². The zero-order valence-electron chi connectivity index (χ0n) is 10.7. The van der Waals surface area contributed by atoms with Gasteiger partial charge in [0.1, 0.15) is 5.01 Å². The van der Waals surface area contributed by atoms with Gasteiger partial charge >= 0.3 is 0 Å². The molecule has 0 unspecified atom stereocenters. The molecule has 0 aliphatic rings. The molecule has 1 N–H and O–H groups in total. The van der Waals surface area contributed by atoms with Gasteiger partial charge in [-0.3, -0.25) is 0 Å². The molecule has 0 bridgehead atoms. The molecule has 0 fully saturated rings. The highest BCUT2D eigenvalue weighted by Crippen LogP contribution is 2.31. The Balaban J connectivity index is 2.86. The van der Waals surface area contributed by atoms with E-state index in [0.29, 0.717) is 5.25 Å². The fraction of sp³-hybridized carbons (Fsp3) is 0.750. The minimum atomic E-state index is 0.0231.